The highest BCUT2D eigenvalue weighted by Crippen LogP contribution is 2.36. The highest BCUT2D eigenvalue weighted by atomic mass is 79.9. The summed E-state index contributed by atoms with van der Waals surface area (Å²) in [5.74, 6) is -0.711. The lowest BCUT2D eigenvalue weighted by Crippen LogP contribution is -2.45. The van der Waals surface area contributed by atoms with Crippen molar-refractivity contribution in [1.82, 2.24) is 0 Å². The van der Waals surface area contributed by atoms with E-state index in [9.17, 15) is 4.39 Å². The van der Waals surface area contributed by atoms with E-state index in [1.165, 1.54) is 6.07 Å². The Morgan fingerprint density at radius 1 is 1.21 bits per heavy atom. The predicted molar refractivity (Wildman–Crippen MR) is 74.6 cm³/mol. The topological polar surface area (TPSA) is 47.7 Å². The Hall–Kier alpha value is -0.850. The summed E-state index contributed by atoms with van der Waals surface area (Å²) in [6, 6.07) is 3.09. The first kappa shape index (κ1) is 13.1. The number of piperidine rings is 1. The van der Waals surface area contributed by atoms with Crippen LogP contribution in [0.1, 0.15) is 12.8 Å². The molecule has 0 saturated carbocycles. The van der Waals surface area contributed by atoms with Gasteiger partial charge in [0, 0.05) is 32.0 Å². The Balaban J connectivity index is 1.76. The van der Waals surface area contributed by atoms with Crippen molar-refractivity contribution in [2.75, 3.05) is 36.9 Å². The molecule has 4 nitrogen and oxygen atoms in total. The Kier molecular flexibility index (Phi) is 3.41. The predicted octanol–water partition coefficient (Wildman–Crippen LogP) is 2.51. The van der Waals surface area contributed by atoms with Gasteiger partial charge in [0.05, 0.1) is 29.1 Å². The van der Waals surface area contributed by atoms with Crippen LogP contribution in [0.4, 0.5) is 15.8 Å². The molecule has 3 rings (SSSR count). The van der Waals surface area contributed by atoms with E-state index in [0.29, 0.717) is 23.4 Å². The fraction of sp³-hybridized carbons (Fsp3) is 0.538. The molecule has 19 heavy (non-hydrogen) atoms. The van der Waals surface area contributed by atoms with Crippen molar-refractivity contribution in [1.29, 1.82) is 0 Å². The number of hydrogen-bond acceptors (Lipinski definition) is 4. The average molecular weight is 331 g/mol. The monoisotopic (exact) mass is 330 g/mol. The number of ether oxygens (including phenoxy) is 2. The van der Waals surface area contributed by atoms with Gasteiger partial charge in [-0.15, -0.1) is 0 Å². The van der Waals surface area contributed by atoms with Crippen molar-refractivity contribution in [2.45, 2.75) is 18.6 Å². The van der Waals surface area contributed by atoms with Gasteiger partial charge < -0.3 is 20.1 Å². The molecular weight excluding hydrogens is 315 g/mol. The first-order valence-corrected chi connectivity index (χ1v) is 7.16. The second kappa shape index (κ2) is 4.92. The summed E-state index contributed by atoms with van der Waals surface area (Å²) in [5.41, 5.74) is 7.29. The third kappa shape index (κ3) is 2.44. The molecule has 2 saturated heterocycles. The lowest BCUT2D eigenvalue weighted by molar-refractivity contribution is -0.169. The van der Waals surface area contributed by atoms with E-state index >= 15 is 0 Å². The Labute approximate surface area is 119 Å². The van der Waals surface area contributed by atoms with Crippen LogP contribution in [0.15, 0.2) is 16.6 Å². The number of nitrogen functional groups attached to an aromatic ring is 1. The van der Waals surface area contributed by atoms with Crippen LogP contribution >= 0.6 is 15.9 Å². The molecule has 0 amide bonds. The molecule has 0 radical (unpaired) electrons. The largest absolute Gasteiger partial charge is 0.397 e. The van der Waals surface area contributed by atoms with Gasteiger partial charge in [0.1, 0.15) is 5.82 Å². The molecule has 0 atom stereocenters. The van der Waals surface area contributed by atoms with Crippen LogP contribution in [0, 0.1) is 5.82 Å². The highest BCUT2D eigenvalue weighted by Gasteiger charge is 2.40. The minimum atomic E-state index is -0.417. The molecule has 2 aliphatic rings. The molecule has 0 unspecified atom stereocenters. The van der Waals surface area contributed by atoms with Crippen LogP contribution in [-0.4, -0.2) is 32.1 Å². The van der Waals surface area contributed by atoms with Gasteiger partial charge in [0.2, 0.25) is 0 Å². The van der Waals surface area contributed by atoms with Crippen molar-refractivity contribution in [2.24, 2.45) is 0 Å². The van der Waals surface area contributed by atoms with E-state index in [4.69, 9.17) is 15.2 Å². The number of nitrogens with two attached hydrogens (primary N) is 1. The maximum atomic E-state index is 13.6. The molecular formula is C13H16BrFN2O2. The standard InChI is InChI=1S/C13H16BrFN2O2/c14-9-7-11(16)12(8-10(9)15)17-3-1-13(2-4-17)18-5-6-19-13/h7-8H,1-6,16H2. The van der Waals surface area contributed by atoms with Gasteiger partial charge in [-0.25, -0.2) is 4.39 Å². The van der Waals surface area contributed by atoms with Crippen molar-refractivity contribution in [3.8, 4) is 0 Å². The first-order chi connectivity index (χ1) is 9.10. The highest BCUT2D eigenvalue weighted by molar-refractivity contribution is 9.10. The smallest absolute Gasteiger partial charge is 0.171 e. The van der Waals surface area contributed by atoms with Crippen LogP contribution in [0.5, 0.6) is 0 Å². The van der Waals surface area contributed by atoms with Gasteiger partial charge in [0.15, 0.2) is 5.79 Å². The Bertz CT molecular complexity index is 482. The molecule has 0 aromatic heterocycles. The molecule has 1 spiro atoms. The van der Waals surface area contributed by atoms with Gasteiger partial charge in [-0.2, -0.15) is 0 Å². The molecule has 6 heteroatoms. The van der Waals surface area contributed by atoms with Gasteiger partial charge in [-0.3, -0.25) is 0 Å². The number of benzene rings is 1. The van der Waals surface area contributed by atoms with E-state index in [1.807, 2.05) is 0 Å². The second-order valence-electron chi connectivity index (χ2n) is 4.92. The Morgan fingerprint density at radius 2 is 1.84 bits per heavy atom. The third-order valence-electron chi connectivity index (χ3n) is 3.75. The van der Waals surface area contributed by atoms with Crippen LogP contribution < -0.4 is 10.6 Å². The van der Waals surface area contributed by atoms with Crippen molar-refractivity contribution in [3.05, 3.63) is 22.4 Å². The van der Waals surface area contributed by atoms with E-state index in [1.54, 1.807) is 6.07 Å². The van der Waals surface area contributed by atoms with Gasteiger partial charge >= 0.3 is 0 Å². The number of rotatable bonds is 1. The summed E-state index contributed by atoms with van der Waals surface area (Å²) in [7, 11) is 0. The summed E-state index contributed by atoms with van der Waals surface area (Å²) in [6.45, 7) is 2.83. The number of hydrogen-bond donors (Lipinski definition) is 1. The average Bonchev–Trinajstić information content (AvgIpc) is 2.84. The quantitative estimate of drug-likeness (QED) is 0.804. The van der Waals surface area contributed by atoms with E-state index in [2.05, 4.69) is 20.8 Å². The van der Waals surface area contributed by atoms with Crippen molar-refractivity contribution < 1.29 is 13.9 Å². The lowest BCUT2D eigenvalue weighted by Gasteiger charge is -2.39. The van der Waals surface area contributed by atoms with Crippen LogP contribution in [0.3, 0.4) is 0 Å². The second-order valence-corrected chi connectivity index (χ2v) is 5.77. The fourth-order valence-corrected chi connectivity index (χ4v) is 3.06. The van der Waals surface area contributed by atoms with Crippen LogP contribution in [0.2, 0.25) is 0 Å². The first-order valence-electron chi connectivity index (χ1n) is 6.37. The zero-order chi connectivity index (χ0) is 13.5. The maximum absolute atomic E-state index is 13.6. The van der Waals surface area contributed by atoms with E-state index in [-0.39, 0.29) is 5.82 Å². The zero-order valence-electron chi connectivity index (χ0n) is 10.5. The molecule has 1 aromatic rings. The molecule has 0 bridgehead atoms. The molecule has 1 aromatic carbocycles. The molecule has 2 fully saturated rings. The van der Waals surface area contributed by atoms with Gasteiger partial charge in [-0.1, -0.05) is 0 Å². The van der Waals surface area contributed by atoms with Crippen LogP contribution in [-0.2, 0) is 9.47 Å². The van der Waals surface area contributed by atoms with E-state index in [0.717, 1.165) is 31.6 Å². The summed E-state index contributed by atoms with van der Waals surface area (Å²) in [6.07, 6.45) is 1.56. The number of anilines is 2. The molecule has 0 aliphatic carbocycles. The molecule has 2 N–H and O–H groups in total. The minimum Gasteiger partial charge on any atom is -0.397 e. The lowest BCUT2D eigenvalue weighted by atomic mass is 10.0. The summed E-state index contributed by atoms with van der Waals surface area (Å²) < 4.78 is 25.4. The SMILES string of the molecule is Nc1cc(Br)c(F)cc1N1CCC2(CC1)OCCO2. The normalized spacial score (nSPS) is 22.1. The minimum absolute atomic E-state index is 0.294. The Morgan fingerprint density at radius 3 is 2.47 bits per heavy atom. The number of nitrogens with zero attached hydrogens (tertiary/aromatic N) is 1. The molecule has 104 valence electrons. The van der Waals surface area contributed by atoms with Gasteiger partial charge in [0.25, 0.3) is 0 Å². The molecule has 2 aliphatic heterocycles. The summed E-state index contributed by atoms with van der Waals surface area (Å²) in [5, 5.41) is 0. The van der Waals surface area contributed by atoms with Crippen molar-refractivity contribution >= 4 is 27.3 Å². The summed E-state index contributed by atoms with van der Waals surface area (Å²) >= 11 is 3.14. The van der Waals surface area contributed by atoms with Crippen molar-refractivity contribution in [3.63, 3.8) is 0 Å². The zero-order valence-corrected chi connectivity index (χ0v) is 12.1. The number of halogens is 2. The van der Waals surface area contributed by atoms with Crippen LogP contribution in [0.25, 0.3) is 0 Å². The fourth-order valence-electron chi connectivity index (χ4n) is 2.70. The summed E-state index contributed by atoms with van der Waals surface area (Å²) in [4.78, 5) is 2.08. The molecule has 2 heterocycles. The van der Waals surface area contributed by atoms with E-state index < -0.39 is 5.79 Å². The maximum Gasteiger partial charge on any atom is 0.171 e. The van der Waals surface area contributed by atoms with Gasteiger partial charge in [-0.05, 0) is 22.0 Å². The third-order valence-corrected chi connectivity index (χ3v) is 4.36.